The third kappa shape index (κ3) is 5.35. The van der Waals surface area contributed by atoms with Gasteiger partial charge in [0.2, 0.25) is 0 Å². The minimum absolute atomic E-state index is 0.000386. The minimum atomic E-state index is -4.53. The van der Waals surface area contributed by atoms with Crippen molar-refractivity contribution in [1.29, 1.82) is 0 Å². The maximum absolute atomic E-state index is 13.0. The van der Waals surface area contributed by atoms with Crippen LogP contribution in [0.15, 0.2) is 52.2 Å². The number of piperidine rings is 1. The number of halogens is 3. The standard InChI is InChI=1S/C35H41F3N2O2/c1-22(41)31-14-15-32-29-19-24(7-6-16-35(36,37)38)28-20-25(39-42)10-13-27(28)33(29)30(21-34(31,32)2)23-8-11-26(12-9-23)40-17-4-3-5-18-40/h8-9,11-12,20,24-25,29-32H,3-5,7,10,13-15,17-19,21H2,1-2H3/t24?,25?,29-,30+,31+,32-,34+/m0/s1. The molecule has 1 aromatic carbocycles. The highest BCUT2D eigenvalue weighted by atomic mass is 19.4. The molecule has 0 aromatic heterocycles. The summed E-state index contributed by atoms with van der Waals surface area (Å²) in [5, 5.41) is 3.31. The van der Waals surface area contributed by atoms with Gasteiger partial charge in [0, 0.05) is 43.0 Å². The molecule has 42 heavy (non-hydrogen) atoms. The number of nitrogens with zero attached hydrogens (tertiary/aromatic N) is 2. The molecule has 6 rings (SSSR count). The second kappa shape index (κ2) is 11.3. The fourth-order valence-electron chi connectivity index (χ4n) is 9.51. The molecule has 1 aromatic rings. The average Bonchev–Trinajstić information content (AvgIpc) is 3.33. The molecular formula is C35H41F3N2O2. The number of hydrogen-bond acceptors (Lipinski definition) is 4. The van der Waals surface area contributed by atoms with Crippen LogP contribution in [0.5, 0.6) is 0 Å². The highest BCUT2D eigenvalue weighted by Gasteiger charge is 2.58. The number of fused-ring (bicyclic) bond motifs is 4. The molecule has 5 aliphatic rings. The van der Waals surface area contributed by atoms with E-state index < -0.39 is 12.2 Å². The second-order valence-corrected chi connectivity index (χ2v) is 13.6. The van der Waals surface area contributed by atoms with Gasteiger partial charge in [-0.15, -0.1) is 0 Å². The van der Waals surface area contributed by atoms with Gasteiger partial charge in [0.15, 0.2) is 0 Å². The molecule has 2 unspecified atom stereocenters. The van der Waals surface area contributed by atoms with Crippen molar-refractivity contribution in [2.24, 2.45) is 34.3 Å². The summed E-state index contributed by atoms with van der Waals surface area (Å²) >= 11 is 0. The molecule has 0 N–H and O–H groups in total. The van der Waals surface area contributed by atoms with Gasteiger partial charge in [-0.05, 0) is 117 Å². The van der Waals surface area contributed by atoms with Crippen molar-refractivity contribution in [3.05, 3.63) is 57.5 Å². The van der Waals surface area contributed by atoms with Gasteiger partial charge in [-0.1, -0.05) is 41.8 Å². The number of benzene rings is 1. The van der Waals surface area contributed by atoms with Crippen LogP contribution in [0.25, 0.3) is 0 Å². The molecule has 0 radical (unpaired) electrons. The second-order valence-electron chi connectivity index (χ2n) is 13.6. The lowest BCUT2D eigenvalue weighted by atomic mass is 9.50. The van der Waals surface area contributed by atoms with E-state index in [1.807, 2.05) is 6.08 Å². The third-order valence-electron chi connectivity index (χ3n) is 11.3. The van der Waals surface area contributed by atoms with E-state index in [0.717, 1.165) is 37.9 Å². The first kappa shape index (κ1) is 29.2. The Labute approximate surface area is 247 Å². The summed E-state index contributed by atoms with van der Waals surface area (Å²) in [6.45, 7) is 6.18. The van der Waals surface area contributed by atoms with Crippen molar-refractivity contribution in [3.63, 3.8) is 0 Å². The molecule has 0 bridgehead atoms. The van der Waals surface area contributed by atoms with Crippen LogP contribution >= 0.6 is 0 Å². The molecule has 4 aliphatic carbocycles. The van der Waals surface area contributed by atoms with Crippen LogP contribution in [0, 0.1) is 45.8 Å². The van der Waals surface area contributed by atoms with Crippen molar-refractivity contribution in [2.75, 3.05) is 18.0 Å². The summed E-state index contributed by atoms with van der Waals surface area (Å²) in [5.74, 6) is 4.60. The van der Waals surface area contributed by atoms with Gasteiger partial charge < -0.3 is 4.90 Å². The first-order chi connectivity index (χ1) is 20.1. The van der Waals surface area contributed by atoms with Gasteiger partial charge in [-0.25, -0.2) is 0 Å². The summed E-state index contributed by atoms with van der Waals surface area (Å²) in [7, 11) is 0. The Morgan fingerprint density at radius 2 is 1.83 bits per heavy atom. The monoisotopic (exact) mass is 578 g/mol. The highest BCUT2D eigenvalue weighted by molar-refractivity contribution is 5.79. The van der Waals surface area contributed by atoms with E-state index in [4.69, 9.17) is 0 Å². The first-order valence-electron chi connectivity index (χ1n) is 15.8. The SMILES string of the molecule is CC(=O)[C@H]1CC[C@H]2[C@@H]3CC(CC#CC(F)(F)F)C4=CC(N=O)CCC4=C3[C@@H](c3ccc(N4CCCCC4)cc3)C[C@]12C. The predicted molar refractivity (Wildman–Crippen MR) is 159 cm³/mol. The molecule has 224 valence electrons. The average molecular weight is 579 g/mol. The number of anilines is 1. The molecule has 0 amide bonds. The van der Waals surface area contributed by atoms with E-state index >= 15 is 0 Å². The lowest BCUT2D eigenvalue weighted by Gasteiger charge is -2.54. The summed E-state index contributed by atoms with van der Waals surface area (Å²) in [5.41, 5.74) is 5.96. The van der Waals surface area contributed by atoms with Crippen LogP contribution in [0.1, 0.15) is 89.5 Å². The number of carbonyl (C=O) groups is 1. The van der Waals surface area contributed by atoms with E-state index in [1.165, 1.54) is 47.6 Å². The summed E-state index contributed by atoms with van der Waals surface area (Å²) in [6.07, 6.45) is 5.98. The van der Waals surface area contributed by atoms with Gasteiger partial charge in [-0.2, -0.15) is 18.1 Å². The van der Waals surface area contributed by atoms with Gasteiger partial charge in [-0.3, -0.25) is 4.79 Å². The van der Waals surface area contributed by atoms with Gasteiger partial charge in [0.25, 0.3) is 0 Å². The Morgan fingerprint density at radius 3 is 2.50 bits per heavy atom. The van der Waals surface area contributed by atoms with Crippen LogP contribution in [0.4, 0.5) is 18.9 Å². The van der Waals surface area contributed by atoms with Gasteiger partial charge in [0.05, 0.1) is 0 Å². The Morgan fingerprint density at radius 1 is 1.10 bits per heavy atom. The highest BCUT2D eigenvalue weighted by Crippen LogP contribution is 2.66. The fraction of sp³-hybridized carbons (Fsp3) is 0.629. The maximum Gasteiger partial charge on any atom is 0.457 e. The van der Waals surface area contributed by atoms with Crippen molar-refractivity contribution in [3.8, 4) is 11.8 Å². The minimum Gasteiger partial charge on any atom is -0.372 e. The largest absolute Gasteiger partial charge is 0.457 e. The Hall–Kier alpha value is -2.88. The number of carbonyl (C=O) groups excluding carboxylic acids is 1. The first-order valence-corrected chi connectivity index (χ1v) is 15.8. The third-order valence-corrected chi connectivity index (χ3v) is 11.3. The van der Waals surface area contributed by atoms with Crippen LogP contribution in [0.3, 0.4) is 0 Å². The summed E-state index contributed by atoms with van der Waals surface area (Å²) < 4.78 is 38.9. The van der Waals surface area contributed by atoms with Crippen molar-refractivity contribution < 1.29 is 18.0 Å². The number of ketones is 1. The molecule has 7 heteroatoms. The van der Waals surface area contributed by atoms with Crippen LogP contribution in [-0.4, -0.2) is 31.1 Å². The van der Waals surface area contributed by atoms with Crippen molar-refractivity contribution in [1.82, 2.24) is 0 Å². The van der Waals surface area contributed by atoms with Crippen molar-refractivity contribution >= 4 is 11.5 Å². The van der Waals surface area contributed by atoms with E-state index in [2.05, 4.69) is 47.2 Å². The zero-order chi connectivity index (χ0) is 29.6. The van der Waals surface area contributed by atoms with E-state index in [-0.39, 0.29) is 41.3 Å². The molecule has 3 fully saturated rings. The number of hydrogen-bond donors (Lipinski definition) is 0. The smallest absolute Gasteiger partial charge is 0.372 e. The quantitative estimate of drug-likeness (QED) is 0.260. The van der Waals surface area contributed by atoms with E-state index in [9.17, 15) is 22.9 Å². The molecule has 2 saturated carbocycles. The summed E-state index contributed by atoms with van der Waals surface area (Å²) in [4.78, 5) is 27.0. The predicted octanol–water partition coefficient (Wildman–Crippen LogP) is 8.53. The molecule has 1 heterocycles. The van der Waals surface area contributed by atoms with Crippen LogP contribution in [-0.2, 0) is 4.79 Å². The van der Waals surface area contributed by atoms with Crippen LogP contribution in [0.2, 0.25) is 0 Å². The lowest BCUT2D eigenvalue weighted by molar-refractivity contribution is -0.125. The maximum atomic E-state index is 13.0. The lowest BCUT2D eigenvalue weighted by Crippen LogP contribution is -2.45. The van der Waals surface area contributed by atoms with E-state index in [1.54, 1.807) is 6.92 Å². The Balaban J connectivity index is 1.44. The molecule has 0 spiro atoms. The number of Topliss-reactive ketones (excluding diaryl/α,β-unsaturated/α-hetero) is 1. The van der Waals surface area contributed by atoms with Gasteiger partial charge >= 0.3 is 6.18 Å². The van der Waals surface area contributed by atoms with E-state index in [0.29, 0.717) is 25.2 Å². The Bertz CT molecular complexity index is 1340. The molecule has 4 nitrogen and oxygen atoms in total. The summed E-state index contributed by atoms with van der Waals surface area (Å²) in [6, 6.07) is 8.57. The zero-order valence-corrected chi connectivity index (χ0v) is 24.7. The zero-order valence-electron chi connectivity index (χ0n) is 24.7. The molecule has 7 atom stereocenters. The topological polar surface area (TPSA) is 49.7 Å². The van der Waals surface area contributed by atoms with Crippen LogP contribution < -0.4 is 4.90 Å². The number of nitroso groups, excluding NO2 is 1. The number of allylic oxidation sites excluding steroid dienone is 3. The normalized spacial score (nSPS) is 34.4. The molecular weight excluding hydrogens is 537 g/mol. The number of alkyl halides is 3. The van der Waals surface area contributed by atoms with Crippen molar-refractivity contribution in [2.45, 2.75) is 96.2 Å². The Kier molecular flexibility index (Phi) is 7.87. The van der Waals surface area contributed by atoms with Gasteiger partial charge in [0.1, 0.15) is 11.8 Å². The fourth-order valence-corrected chi connectivity index (χ4v) is 9.51. The number of rotatable bonds is 5. The molecule has 1 saturated heterocycles. The molecule has 1 aliphatic heterocycles.